The van der Waals surface area contributed by atoms with Crippen LogP contribution in [-0.2, 0) is 11.3 Å². The average Bonchev–Trinajstić information content (AvgIpc) is 2.94. The zero-order chi connectivity index (χ0) is 16.1. The Labute approximate surface area is 135 Å². The van der Waals surface area contributed by atoms with E-state index in [4.69, 9.17) is 11.6 Å². The number of aromatic nitrogens is 3. The van der Waals surface area contributed by atoms with E-state index in [0.29, 0.717) is 17.4 Å². The first-order chi connectivity index (χ1) is 10.5. The Morgan fingerprint density at radius 3 is 3.00 bits per heavy atom. The molecule has 0 fully saturated rings. The quantitative estimate of drug-likeness (QED) is 0.492. The minimum Gasteiger partial charge on any atom is -0.325 e. The maximum atomic E-state index is 11.9. The molecular weight excluding hydrogens is 330 g/mol. The molecule has 0 radical (unpaired) electrons. The van der Waals surface area contributed by atoms with Gasteiger partial charge in [-0.15, -0.1) is 10.2 Å². The van der Waals surface area contributed by atoms with Crippen LogP contribution in [0.4, 0.5) is 11.4 Å². The van der Waals surface area contributed by atoms with Crippen LogP contribution in [0.5, 0.6) is 0 Å². The largest absolute Gasteiger partial charge is 0.325 e. The second-order valence-corrected chi connectivity index (χ2v) is 5.51. The molecule has 1 aromatic carbocycles. The molecule has 0 spiro atoms. The van der Waals surface area contributed by atoms with Crippen molar-refractivity contribution in [2.75, 3.05) is 11.1 Å². The number of carbonyl (C=O) groups is 1. The van der Waals surface area contributed by atoms with Crippen LogP contribution in [0.15, 0.2) is 29.7 Å². The Morgan fingerprint density at radius 2 is 2.32 bits per heavy atom. The number of hydrogen-bond acceptors (Lipinski definition) is 6. The van der Waals surface area contributed by atoms with Crippen molar-refractivity contribution in [2.24, 2.45) is 0 Å². The summed E-state index contributed by atoms with van der Waals surface area (Å²) in [6, 6.07) is 4.10. The van der Waals surface area contributed by atoms with Crippen LogP contribution >= 0.6 is 23.4 Å². The molecule has 10 heteroatoms. The lowest BCUT2D eigenvalue weighted by atomic mass is 10.3. The summed E-state index contributed by atoms with van der Waals surface area (Å²) >= 11 is 6.95. The lowest BCUT2D eigenvalue weighted by Gasteiger charge is -2.06. The molecule has 0 unspecified atom stereocenters. The summed E-state index contributed by atoms with van der Waals surface area (Å²) < 4.78 is 1.81. The summed E-state index contributed by atoms with van der Waals surface area (Å²) in [5.74, 6) is -0.179. The maximum Gasteiger partial charge on any atom is 0.289 e. The van der Waals surface area contributed by atoms with Crippen molar-refractivity contribution < 1.29 is 9.72 Å². The van der Waals surface area contributed by atoms with E-state index in [2.05, 4.69) is 15.5 Å². The van der Waals surface area contributed by atoms with Crippen LogP contribution in [0.25, 0.3) is 0 Å². The Kier molecular flexibility index (Phi) is 5.34. The van der Waals surface area contributed by atoms with E-state index >= 15 is 0 Å². The van der Waals surface area contributed by atoms with Gasteiger partial charge in [-0.25, -0.2) is 0 Å². The number of anilines is 1. The summed E-state index contributed by atoms with van der Waals surface area (Å²) in [5.41, 5.74) is 0.0662. The molecule has 1 amide bonds. The van der Waals surface area contributed by atoms with Crippen LogP contribution in [-0.4, -0.2) is 31.3 Å². The third kappa shape index (κ3) is 3.95. The molecule has 22 heavy (non-hydrogen) atoms. The number of thioether (sulfide) groups is 1. The predicted molar refractivity (Wildman–Crippen MR) is 83.2 cm³/mol. The predicted octanol–water partition coefficient (Wildman–Crippen LogP) is 2.59. The Morgan fingerprint density at radius 1 is 1.55 bits per heavy atom. The summed E-state index contributed by atoms with van der Waals surface area (Å²) in [6.45, 7) is 2.65. The number of rotatable bonds is 6. The molecule has 0 bridgehead atoms. The Bertz CT molecular complexity index is 706. The molecule has 1 N–H and O–H groups in total. The number of nitrogens with zero attached hydrogens (tertiary/aromatic N) is 4. The van der Waals surface area contributed by atoms with Crippen LogP contribution in [0.3, 0.4) is 0 Å². The fourth-order valence-corrected chi connectivity index (χ4v) is 2.60. The van der Waals surface area contributed by atoms with E-state index in [1.165, 1.54) is 30.0 Å². The third-order valence-corrected chi connectivity index (χ3v) is 3.98. The number of benzene rings is 1. The van der Waals surface area contributed by atoms with E-state index in [0.717, 1.165) is 0 Å². The van der Waals surface area contributed by atoms with E-state index in [1.807, 2.05) is 11.5 Å². The van der Waals surface area contributed by atoms with Gasteiger partial charge in [0.15, 0.2) is 5.16 Å². The lowest BCUT2D eigenvalue weighted by Crippen LogP contribution is -2.14. The number of nitrogens with one attached hydrogen (secondary N) is 1. The number of halogens is 1. The summed E-state index contributed by atoms with van der Waals surface area (Å²) in [4.78, 5) is 22.1. The van der Waals surface area contributed by atoms with Gasteiger partial charge in [-0.05, 0) is 19.1 Å². The maximum absolute atomic E-state index is 11.9. The molecule has 0 aliphatic heterocycles. The Balaban J connectivity index is 1.97. The van der Waals surface area contributed by atoms with E-state index in [9.17, 15) is 14.9 Å². The molecule has 1 aromatic heterocycles. The lowest BCUT2D eigenvalue weighted by molar-refractivity contribution is -0.384. The van der Waals surface area contributed by atoms with Crippen molar-refractivity contribution in [1.82, 2.24) is 14.8 Å². The highest BCUT2D eigenvalue weighted by Crippen LogP contribution is 2.27. The zero-order valence-electron chi connectivity index (χ0n) is 11.5. The molecule has 0 aliphatic rings. The van der Waals surface area contributed by atoms with E-state index in [1.54, 1.807) is 6.33 Å². The van der Waals surface area contributed by atoms with Gasteiger partial charge in [-0.2, -0.15) is 0 Å². The van der Waals surface area contributed by atoms with Crippen LogP contribution in [0.1, 0.15) is 6.92 Å². The number of aryl methyl sites for hydroxylation is 1. The first-order valence-electron chi connectivity index (χ1n) is 6.25. The van der Waals surface area contributed by atoms with Gasteiger partial charge in [0, 0.05) is 18.3 Å². The highest BCUT2D eigenvalue weighted by molar-refractivity contribution is 7.99. The highest BCUT2D eigenvalue weighted by atomic mass is 35.5. The Hall–Kier alpha value is -2.13. The number of hydrogen-bond donors (Lipinski definition) is 1. The van der Waals surface area contributed by atoms with Gasteiger partial charge < -0.3 is 9.88 Å². The minimum absolute atomic E-state index is 0.0217. The average molecular weight is 342 g/mol. The topological polar surface area (TPSA) is 103 Å². The molecule has 0 saturated carbocycles. The minimum atomic E-state index is -0.601. The number of nitro benzene ring substituents is 1. The second-order valence-electron chi connectivity index (χ2n) is 4.16. The smallest absolute Gasteiger partial charge is 0.289 e. The van der Waals surface area contributed by atoms with Crippen molar-refractivity contribution in [3.63, 3.8) is 0 Å². The fourth-order valence-electron chi connectivity index (χ4n) is 1.63. The summed E-state index contributed by atoms with van der Waals surface area (Å²) in [7, 11) is 0. The van der Waals surface area contributed by atoms with Gasteiger partial charge in [-0.3, -0.25) is 14.9 Å². The fraction of sp³-hybridized carbons (Fsp3) is 0.250. The van der Waals surface area contributed by atoms with Crippen molar-refractivity contribution in [2.45, 2.75) is 18.6 Å². The van der Waals surface area contributed by atoms with Crippen molar-refractivity contribution in [1.29, 1.82) is 0 Å². The molecule has 2 aromatic rings. The third-order valence-electron chi connectivity index (χ3n) is 2.68. The first-order valence-corrected chi connectivity index (χ1v) is 7.62. The van der Waals surface area contributed by atoms with Crippen LogP contribution in [0, 0.1) is 10.1 Å². The number of nitro groups is 1. The SMILES string of the molecule is CCn1cnnc1SCC(=O)Nc1ccc(Cl)c([N+](=O)[O-])c1. The second kappa shape index (κ2) is 7.23. The van der Waals surface area contributed by atoms with Crippen molar-refractivity contribution >= 4 is 40.6 Å². The van der Waals surface area contributed by atoms with Gasteiger partial charge in [0.25, 0.3) is 5.69 Å². The normalized spacial score (nSPS) is 10.5. The van der Waals surface area contributed by atoms with Crippen molar-refractivity contribution in [3.05, 3.63) is 39.7 Å². The highest BCUT2D eigenvalue weighted by Gasteiger charge is 2.14. The zero-order valence-corrected chi connectivity index (χ0v) is 13.1. The van der Waals surface area contributed by atoms with Gasteiger partial charge >= 0.3 is 0 Å². The first kappa shape index (κ1) is 16.2. The van der Waals surface area contributed by atoms with Crippen molar-refractivity contribution in [3.8, 4) is 0 Å². The molecule has 2 rings (SSSR count). The molecule has 0 saturated heterocycles. The molecular formula is C12H12ClN5O3S. The molecule has 8 nitrogen and oxygen atoms in total. The molecule has 1 heterocycles. The molecule has 116 valence electrons. The number of carbonyl (C=O) groups excluding carboxylic acids is 1. The van der Waals surface area contributed by atoms with E-state index in [-0.39, 0.29) is 22.4 Å². The van der Waals surface area contributed by atoms with Gasteiger partial charge in [0.1, 0.15) is 11.3 Å². The summed E-state index contributed by atoms with van der Waals surface area (Å²) in [5, 5.41) is 21.7. The van der Waals surface area contributed by atoms with Gasteiger partial charge in [0.05, 0.1) is 10.7 Å². The molecule has 0 atom stereocenters. The summed E-state index contributed by atoms with van der Waals surface area (Å²) in [6.07, 6.45) is 1.59. The van der Waals surface area contributed by atoms with Gasteiger partial charge in [0.2, 0.25) is 5.91 Å². The monoisotopic (exact) mass is 341 g/mol. The standard InChI is InChI=1S/C12H12ClN5O3S/c1-2-17-7-14-16-12(17)22-6-11(19)15-8-3-4-9(13)10(5-8)18(20)21/h3-5,7H,2,6H2,1H3,(H,15,19). The van der Waals surface area contributed by atoms with Crippen LogP contribution < -0.4 is 5.32 Å². The number of amides is 1. The van der Waals surface area contributed by atoms with E-state index < -0.39 is 4.92 Å². The molecule has 0 aliphatic carbocycles. The van der Waals surface area contributed by atoms with Crippen LogP contribution in [0.2, 0.25) is 5.02 Å². The van der Waals surface area contributed by atoms with Gasteiger partial charge in [-0.1, -0.05) is 23.4 Å².